The summed E-state index contributed by atoms with van der Waals surface area (Å²) < 4.78 is 33.0. The summed E-state index contributed by atoms with van der Waals surface area (Å²) in [5, 5.41) is 3.47. The first-order chi connectivity index (χ1) is 11.6. The molecule has 4 rings (SSSR count). The van der Waals surface area contributed by atoms with Gasteiger partial charge in [-0.15, -0.1) is 11.3 Å². The molecule has 1 heterocycles. The van der Waals surface area contributed by atoms with Crippen molar-refractivity contribution in [2.75, 3.05) is 10.0 Å². The molecule has 0 amide bonds. The lowest BCUT2D eigenvalue weighted by atomic mass is 10.2. The summed E-state index contributed by atoms with van der Waals surface area (Å²) in [4.78, 5) is 4.08. The summed E-state index contributed by atoms with van der Waals surface area (Å²) >= 11 is 2.96. The molecule has 0 unspecified atom stereocenters. The van der Waals surface area contributed by atoms with E-state index in [1.807, 2.05) is 13.0 Å². The minimum atomic E-state index is -0.465. The molecule has 1 fully saturated rings. The normalized spacial score (nSPS) is 14.1. The van der Waals surface area contributed by atoms with Crippen molar-refractivity contribution in [3.8, 4) is 0 Å². The number of aromatic nitrogens is 1. The highest BCUT2D eigenvalue weighted by molar-refractivity contribution is 8.01. The zero-order valence-corrected chi connectivity index (χ0v) is 14.5. The molecule has 1 aliphatic carbocycles. The van der Waals surface area contributed by atoms with Gasteiger partial charge in [0.1, 0.15) is 17.0 Å². The Morgan fingerprint density at radius 2 is 2.04 bits per heavy atom. The maximum absolute atomic E-state index is 14.9. The SMILES string of the molecule is Cc1ccc(Nc2c(NSC3CC3)cc3scnc3c2F)c(F)c1. The highest BCUT2D eigenvalue weighted by Gasteiger charge is 2.24. The first-order valence-electron chi connectivity index (χ1n) is 7.62. The molecule has 24 heavy (non-hydrogen) atoms. The second kappa shape index (κ2) is 6.22. The molecule has 124 valence electrons. The van der Waals surface area contributed by atoms with Gasteiger partial charge in [0, 0.05) is 5.25 Å². The van der Waals surface area contributed by atoms with Gasteiger partial charge in [-0.25, -0.2) is 13.8 Å². The van der Waals surface area contributed by atoms with Gasteiger partial charge in [0.15, 0.2) is 5.82 Å². The summed E-state index contributed by atoms with van der Waals surface area (Å²) in [6, 6.07) is 6.69. The number of aryl methyl sites for hydroxylation is 1. The summed E-state index contributed by atoms with van der Waals surface area (Å²) in [7, 11) is 0. The van der Waals surface area contributed by atoms with Gasteiger partial charge in [-0.1, -0.05) is 6.07 Å². The molecule has 0 bridgehead atoms. The van der Waals surface area contributed by atoms with Gasteiger partial charge in [-0.2, -0.15) is 0 Å². The monoisotopic (exact) mass is 363 g/mol. The molecule has 7 heteroatoms. The minimum Gasteiger partial charge on any atom is -0.349 e. The summed E-state index contributed by atoms with van der Waals surface area (Å²) in [5.74, 6) is -0.874. The number of thiazole rings is 1. The van der Waals surface area contributed by atoms with E-state index in [2.05, 4.69) is 15.0 Å². The molecule has 3 nitrogen and oxygen atoms in total. The van der Waals surface area contributed by atoms with E-state index in [-0.39, 0.29) is 11.4 Å². The Morgan fingerprint density at radius 1 is 1.21 bits per heavy atom. The fraction of sp³-hybridized carbons (Fsp3) is 0.235. The van der Waals surface area contributed by atoms with Gasteiger partial charge >= 0.3 is 0 Å². The van der Waals surface area contributed by atoms with Crippen LogP contribution in [0.1, 0.15) is 18.4 Å². The first-order valence-corrected chi connectivity index (χ1v) is 9.38. The number of nitrogens with one attached hydrogen (secondary N) is 2. The maximum Gasteiger partial charge on any atom is 0.175 e. The number of halogens is 2. The van der Waals surface area contributed by atoms with Gasteiger partial charge in [0.2, 0.25) is 0 Å². The number of fused-ring (bicyclic) bond motifs is 1. The van der Waals surface area contributed by atoms with E-state index in [9.17, 15) is 8.78 Å². The van der Waals surface area contributed by atoms with Crippen molar-refractivity contribution in [1.82, 2.24) is 4.98 Å². The molecule has 0 radical (unpaired) electrons. The van der Waals surface area contributed by atoms with Crippen LogP contribution in [-0.2, 0) is 0 Å². The van der Waals surface area contributed by atoms with Crippen molar-refractivity contribution in [3.63, 3.8) is 0 Å². The molecular formula is C17H15F2N3S2. The molecule has 0 saturated heterocycles. The van der Waals surface area contributed by atoms with E-state index in [4.69, 9.17) is 0 Å². The van der Waals surface area contributed by atoms with Crippen molar-refractivity contribution in [1.29, 1.82) is 0 Å². The first kappa shape index (κ1) is 15.7. The number of hydrogen-bond acceptors (Lipinski definition) is 5. The molecule has 2 N–H and O–H groups in total. The average molecular weight is 363 g/mol. The Balaban J connectivity index is 1.75. The van der Waals surface area contributed by atoms with Crippen molar-refractivity contribution >= 4 is 50.6 Å². The van der Waals surface area contributed by atoms with Crippen LogP contribution in [0.15, 0.2) is 29.8 Å². The largest absolute Gasteiger partial charge is 0.349 e. The molecular weight excluding hydrogens is 348 g/mol. The summed E-state index contributed by atoms with van der Waals surface area (Å²) in [6.45, 7) is 1.81. The molecule has 2 aromatic carbocycles. The lowest BCUT2D eigenvalue weighted by Gasteiger charge is -2.15. The summed E-state index contributed by atoms with van der Waals surface area (Å²) in [5.41, 5.74) is 3.81. The second-order valence-electron chi connectivity index (χ2n) is 5.84. The number of nitrogens with zero attached hydrogens (tertiary/aromatic N) is 1. The molecule has 0 spiro atoms. The van der Waals surface area contributed by atoms with Gasteiger partial charge in [-0.3, -0.25) is 0 Å². The van der Waals surface area contributed by atoms with Crippen LogP contribution >= 0.6 is 23.3 Å². The van der Waals surface area contributed by atoms with Crippen LogP contribution in [0.2, 0.25) is 0 Å². The third kappa shape index (κ3) is 3.06. The Kier molecular flexibility index (Phi) is 4.05. The lowest BCUT2D eigenvalue weighted by Crippen LogP contribution is -2.02. The zero-order valence-electron chi connectivity index (χ0n) is 12.9. The molecule has 3 aromatic rings. The van der Waals surface area contributed by atoms with Gasteiger partial charge < -0.3 is 10.0 Å². The lowest BCUT2D eigenvalue weighted by molar-refractivity contribution is 0.628. The van der Waals surface area contributed by atoms with E-state index in [1.165, 1.54) is 17.4 Å². The Morgan fingerprint density at radius 3 is 2.79 bits per heavy atom. The third-order valence-electron chi connectivity index (χ3n) is 3.81. The third-order valence-corrected chi connectivity index (χ3v) is 5.73. The van der Waals surface area contributed by atoms with Crippen LogP contribution in [0.4, 0.5) is 25.8 Å². The Labute approximate surface area is 146 Å². The molecule has 0 aliphatic heterocycles. The zero-order chi connectivity index (χ0) is 16.7. The van der Waals surface area contributed by atoms with E-state index < -0.39 is 11.6 Å². The molecule has 1 aromatic heterocycles. The highest BCUT2D eigenvalue weighted by Crippen LogP contribution is 2.40. The van der Waals surface area contributed by atoms with Crippen LogP contribution in [-0.4, -0.2) is 10.2 Å². The number of rotatable bonds is 5. The van der Waals surface area contributed by atoms with Crippen LogP contribution < -0.4 is 10.0 Å². The van der Waals surface area contributed by atoms with Crippen molar-refractivity contribution in [3.05, 3.63) is 47.0 Å². The summed E-state index contributed by atoms with van der Waals surface area (Å²) in [6.07, 6.45) is 2.33. The van der Waals surface area contributed by atoms with Crippen LogP contribution in [0.5, 0.6) is 0 Å². The number of benzene rings is 2. The average Bonchev–Trinajstić information content (AvgIpc) is 3.26. The predicted molar refractivity (Wildman–Crippen MR) is 98.2 cm³/mol. The quantitative estimate of drug-likeness (QED) is 0.558. The predicted octanol–water partition coefficient (Wildman–Crippen LogP) is 5.85. The smallest absolute Gasteiger partial charge is 0.175 e. The molecule has 1 saturated carbocycles. The fourth-order valence-corrected chi connectivity index (χ4v) is 3.89. The van der Waals surface area contributed by atoms with Gasteiger partial charge in [-0.05, 0) is 55.5 Å². The topological polar surface area (TPSA) is 37.0 Å². The minimum absolute atomic E-state index is 0.226. The van der Waals surface area contributed by atoms with Gasteiger partial charge in [0.05, 0.1) is 21.6 Å². The van der Waals surface area contributed by atoms with Crippen molar-refractivity contribution in [2.45, 2.75) is 25.0 Å². The van der Waals surface area contributed by atoms with Crippen molar-refractivity contribution in [2.24, 2.45) is 0 Å². The Bertz CT molecular complexity index is 906. The molecule has 0 atom stereocenters. The Hall–Kier alpha value is -1.86. The maximum atomic E-state index is 14.9. The van der Waals surface area contributed by atoms with E-state index in [0.717, 1.165) is 23.1 Å². The second-order valence-corrected chi connectivity index (χ2v) is 7.83. The van der Waals surface area contributed by atoms with Crippen LogP contribution in [0, 0.1) is 18.6 Å². The number of hydrogen-bond donors (Lipinski definition) is 2. The van der Waals surface area contributed by atoms with Gasteiger partial charge in [0.25, 0.3) is 0 Å². The highest BCUT2D eigenvalue weighted by atomic mass is 32.2. The number of anilines is 3. The fourth-order valence-electron chi connectivity index (χ4n) is 2.35. The van der Waals surface area contributed by atoms with Crippen LogP contribution in [0.3, 0.4) is 0 Å². The van der Waals surface area contributed by atoms with E-state index in [0.29, 0.717) is 16.5 Å². The van der Waals surface area contributed by atoms with E-state index >= 15 is 0 Å². The van der Waals surface area contributed by atoms with Crippen molar-refractivity contribution < 1.29 is 8.78 Å². The molecule has 1 aliphatic rings. The van der Waals surface area contributed by atoms with Crippen LogP contribution in [0.25, 0.3) is 10.2 Å². The van der Waals surface area contributed by atoms with E-state index in [1.54, 1.807) is 29.6 Å². The standard InChI is InChI=1S/C17H15F2N3S2/c1-9-2-5-12(11(18)6-9)21-16-13(22-24-10-3-4-10)7-14-17(15(16)19)20-8-23-14/h2,5-8,10,21-22H,3-4H2,1H3.